The molecule has 1 aromatic carbocycles. The molecule has 120 valence electrons. The van der Waals surface area contributed by atoms with Crippen molar-refractivity contribution >= 4 is 0 Å². The second-order valence-corrected chi connectivity index (χ2v) is 6.02. The van der Waals surface area contributed by atoms with E-state index in [1.165, 1.54) is 5.57 Å². The summed E-state index contributed by atoms with van der Waals surface area (Å²) < 4.78 is 17.2. The summed E-state index contributed by atoms with van der Waals surface area (Å²) in [6, 6.07) is 7.73. The molecule has 0 N–H and O–H groups in total. The second-order valence-electron chi connectivity index (χ2n) is 6.02. The van der Waals surface area contributed by atoms with E-state index in [1.54, 1.807) is 0 Å². The zero-order valence-electron chi connectivity index (χ0n) is 13.7. The van der Waals surface area contributed by atoms with Crippen LogP contribution in [-0.2, 0) is 4.74 Å². The molecular weight excluding hydrogens is 276 g/mol. The van der Waals surface area contributed by atoms with Gasteiger partial charge in [0.15, 0.2) is 17.6 Å². The summed E-state index contributed by atoms with van der Waals surface area (Å²) >= 11 is 0. The first-order chi connectivity index (χ1) is 10.6. The lowest BCUT2D eigenvalue weighted by molar-refractivity contribution is 0.0171. The molecule has 2 rings (SSSR count). The maximum atomic E-state index is 5.85. The lowest BCUT2D eigenvalue weighted by Gasteiger charge is -2.26. The predicted molar refractivity (Wildman–Crippen MR) is 89.5 cm³/mol. The molecule has 0 saturated carbocycles. The van der Waals surface area contributed by atoms with Crippen molar-refractivity contribution in [2.45, 2.75) is 33.3 Å². The highest BCUT2D eigenvalue weighted by Crippen LogP contribution is 2.30. The van der Waals surface area contributed by atoms with Crippen molar-refractivity contribution in [2.75, 3.05) is 19.8 Å². The van der Waals surface area contributed by atoms with E-state index in [-0.39, 0.29) is 6.10 Å². The van der Waals surface area contributed by atoms with Crippen LogP contribution in [0.3, 0.4) is 0 Å². The van der Waals surface area contributed by atoms with Gasteiger partial charge in [-0.25, -0.2) is 0 Å². The summed E-state index contributed by atoms with van der Waals surface area (Å²) in [7, 11) is 0. The van der Waals surface area contributed by atoms with E-state index >= 15 is 0 Å². The zero-order chi connectivity index (χ0) is 15.8. The van der Waals surface area contributed by atoms with Gasteiger partial charge in [0.05, 0.1) is 13.2 Å². The SMILES string of the molecule is CC(C=CCC(C)C)=CCOCC1COc2ccccc2O1. The van der Waals surface area contributed by atoms with Gasteiger partial charge >= 0.3 is 0 Å². The lowest BCUT2D eigenvalue weighted by Crippen LogP contribution is -2.33. The number of hydrogen-bond acceptors (Lipinski definition) is 3. The van der Waals surface area contributed by atoms with Gasteiger partial charge in [-0.05, 0) is 31.4 Å². The summed E-state index contributed by atoms with van der Waals surface area (Å²) in [5.74, 6) is 2.31. The van der Waals surface area contributed by atoms with Crippen molar-refractivity contribution in [2.24, 2.45) is 5.92 Å². The summed E-state index contributed by atoms with van der Waals surface area (Å²) in [5, 5.41) is 0. The first kappa shape index (κ1) is 16.6. The van der Waals surface area contributed by atoms with Crippen LogP contribution in [0.5, 0.6) is 11.5 Å². The van der Waals surface area contributed by atoms with Gasteiger partial charge in [-0.1, -0.05) is 49.8 Å². The molecule has 1 aliphatic heterocycles. The highest BCUT2D eigenvalue weighted by Gasteiger charge is 2.20. The van der Waals surface area contributed by atoms with Crippen LogP contribution in [0.1, 0.15) is 27.2 Å². The highest BCUT2D eigenvalue weighted by molar-refractivity contribution is 5.40. The molecule has 1 aliphatic rings. The predicted octanol–water partition coefficient (Wildman–Crippen LogP) is 4.39. The minimum absolute atomic E-state index is 0.0416. The highest BCUT2D eigenvalue weighted by atomic mass is 16.6. The number of hydrogen-bond donors (Lipinski definition) is 0. The fraction of sp³-hybridized carbons (Fsp3) is 0.474. The molecule has 0 amide bonds. The van der Waals surface area contributed by atoms with Crippen LogP contribution in [0.2, 0.25) is 0 Å². The summed E-state index contributed by atoms with van der Waals surface area (Å²) in [5.41, 5.74) is 1.23. The fourth-order valence-electron chi connectivity index (χ4n) is 2.13. The molecule has 1 heterocycles. The number of rotatable bonds is 7. The maximum absolute atomic E-state index is 5.85. The third kappa shape index (κ3) is 5.57. The standard InChI is InChI=1S/C19H26O3/c1-15(2)7-6-8-16(3)11-12-20-13-17-14-21-18-9-4-5-10-19(18)22-17/h4-6,8-11,15,17H,7,12-14H2,1-3H3. The Morgan fingerprint density at radius 3 is 2.86 bits per heavy atom. The number of para-hydroxylation sites is 2. The Balaban J connectivity index is 1.68. The molecule has 0 spiro atoms. The molecule has 0 fully saturated rings. The fourth-order valence-corrected chi connectivity index (χ4v) is 2.13. The molecule has 0 aromatic heterocycles. The van der Waals surface area contributed by atoms with Crippen molar-refractivity contribution in [1.82, 2.24) is 0 Å². The number of allylic oxidation sites excluding steroid dienone is 3. The van der Waals surface area contributed by atoms with Gasteiger partial charge in [-0.15, -0.1) is 0 Å². The van der Waals surface area contributed by atoms with Crippen molar-refractivity contribution < 1.29 is 14.2 Å². The first-order valence-electron chi connectivity index (χ1n) is 7.94. The van der Waals surface area contributed by atoms with E-state index in [1.807, 2.05) is 24.3 Å². The van der Waals surface area contributed by atoms with Gasteiger partial charge < -0.3 is 14.2 Å². The maximum Gasteiger partial charge on any atom is 0.161 e. The Morgan fingerprint density at radius 1 is 1.32 bits per heavy atom. The van der Waals surface area contributed by atoms with E-state index < -0.39 is 0 Å². The Morgan fingerprint density at radius 2 is 2.09 bits per heavy atom. The molecule has 0 saturated heterocycles. The van der Waals surface area contributed by atoms with Crippen LogP contribution < -0.4 is 9.47 Å². The zero-order valence-corrected chi connectivity index (χ0v) is 13.7. The monoisotopic (exact) mass is 302 g/mol. The van der Waals surface area contributed by atoms with Gasteiger partial charge in [0.1, 0.15) is 6.61 Å². The Kier molecular flexibility index (Phi) is 6.53. The Hall–Kier alpha value is -1.74. The van der Waals surface area contributed by atoms with Crippen molar-refractivity contribution in [1.29, 1.82) is 0 Å². The average molecular weight is 302 g/mol. The summed E-state index contributed by atoms with van der Waals surface area (Å²) in [4.78, 5) is 0. The first-order valence-corrected chi connectivity index (χ1v) is 7.94. The van der Waals surface area contributed by atoms with Gasteiger partial charge in [-0.3, -0.25) is 0 Å². The van der Waals surface area contributed by atoms with Crippen LogP contribution in [-0.4, -0.2) is 25.9 Å². The van der Waals surface area contributed by atoms with Crippen molar-refractivity contribution in [3.8, 4) is 11.5 Å². The van der Waals surface area contributed by atoms with E-state index in [0.29, 0.717) is 25.7 Å². The third-order valence-corrected chi connectivity index (χ3v) is 3.38. The van der Waals surface area contributed by atoms with Crippen LogP contribution in [0.15, 0.2) is 48.1 Å². The minimum Gasteiger partial charge on any atom is -0.486 e. The number of fused-ring (bicyclic) bond motifs is 1. The van der Waals surface area contributed by atoms with E-state index in [0.717, 1.165) is 17.9 Å². The van der Waals surface area contributed by atoms with Gasteiger partial charge in [0, 0.05) is 0 Å². The van der Waals surface area contributed by atoms with Crippen LogP contribution >= 0.6 is 0 Å². The molecule has 0 bridgehead atoms. The van der Waals surface area contributed by atoms with E-state index in [2.05, 4.69) is 39.0 Å². The normalized spacial score (nSPS) is 18.2. The smallest absolute Gasteiger partial charge is 0.161 e. The molecular formula is C19H26O3. The summed E-state index contributed by atoms with van der Waals surface area (Å²) in [6.45, 7) is 8.20. The molecule has 1 aromatic rings. The third-order valence-electron chi connectivity index (χ3n) is 3.38. The number of ether oxygens (including phenoxy) is 3. The Bertz CT molecular complexity index is 517. The largest absolute Gasteiger partial charge is 0.486 e. The van der Waals surface area contributed by atoms with Crippen molar-refractivity contribution in [3.05, 3.63) is 48.1 Å². The average Bonchev–Trinajstić information content (AvgIpc) is 2.51. The molecule has 0 radical (unpaired) electrons. The van der Waals surface area contributed by atoms with E-state index in [9.17, 15) is 0 Å². The molecule has 0 aliphatic carbocycles. The molecule has 3 nitrogen and oxygen atoms in total. The second kappa shape index (κ2) is 8.64. The number of benzene rings is 1. The van der Waals surface area contributed by atoms with Crippen LogP contribution in [0.4, 0.5) is 0 Å². The lowest BCUT2D eigenvalue weighted by atomic mass is 10.1. The van der Waals surface area contributed by atoms with E-state index in [4.69, 9.17) is 14.2 Å². The van der Waals surface area contributed by atoms with Gasteiger partial charge in [-0.2, -0.15) is 0 Å². The molecule has 22 heavy (non-hydrogen) atoms. The molecule has 1 unspecified atom stereocenters. The topological polar surface area (TPSA) is 27.7 Å². The quantitative estimate of drug-likeness (QED) is 0.552. The summed E-state index contributed by atoms with van der Waals surface area (Å²) in [6.07, 6.45) is 7.53. The van der Waals surface area contributed by atoms with Gasteiger partial charge in [0.2, 0.25) is 0 Å². The Labute approximate surface area is 133 Å². The minimum atomic E-state index is -0.0416. The van der Waals surface area contributed by atoms with Crippen LogP contribution in [0, 0.1) is 5.92 Å². The van der Waals surface area contributed by atoms with Crippen LogP contribution in [0.25, 0.3) is 0 Å². The van der Waals surface area contributed by atoms with Crippen molar-refractivity contribution in [3.63, 3.8) is 0 Å². The molecule has 1 atom stereocenters. The van der Waals surface area contributed by atoms with Gasteiger partial charge in [0.25, 0.3) is 0 Å². The molecule has 3 heteroatoms.